The monoisotopic (exact) mass is 326 g/mol. The first-order valence-corrected chi connectivity index (χ1v) is 9.24. The highest BCUT2D eigenvalue weighted by Gasteiger charge is 2.48. The van der Waals surface area contributed by atoms with E-state index in [0.717, 1.165) is 32.5 Å². The largest absolute Gasteiger partial charge is 0.350 e. The summed E-state index contributed by atoms with van der Waals surface area (Å²) in [4.78, 5) is 16.1. The van der Waals surface area contributed by atoms with Crippen LogP contribution in [0.25, 0.3) is 0 Å². The van der Waals surface area contributed by atoms with Crippen LogP contribution in [0.3, 0.4) is 0 Å². The topological polar surface area (TPSA) is 32.3 Å². The van der Waals surface area contributed by atoms with Crippen molar-refractivity contribution in [2.45, 2.75) is 37.3 Å². The Morgan fingerprint density at radius 1 is 1.13 bits per heavy atom. The SMILES string of the molecule is O=C1C[C@H](c2ccccc2)C2(CCN(Cc3cccs3)CC2)N1. The van der Waals surface area contributed by atoms with E-state index in [9.17, 15) is 4.79 Å². The molecule has 1 spiro atoms. The fourth-order valence-electron chi connectivity index (χ4n) is 4.13. The van der Waals surface area contributed by atoms with Gasteiger partial charge in [-0.3, -0.25) is 9.69 Å². The molecule has 3 heterocycles. The molecule has 0 aliphatic carbocycles. The maximum absolute atomic E-state index is 12.1. The minimum absolute atomic E-state index is 0.0373. The molecule has 1 aromatic carbocycles. The molecule has 1 amide bonds. The zero-order valence-electron chi connectivity index (χ0n) is 13.2. The Morgan fingerprint density at radius 2 is 1.91 bits per heavy atom. The first-order chi connectivity index (χ1) is 11.3. The Hall–Kier alpha value is -1.65. The minimum atomic E-state index is -0.0373. The third-order valence-electron chi connectivity index (χ3n) is 5.35. The van der Waals surface area contributed by atoms with Crippen molar-refractivity contribution in [3.05, 3.63) is 58.3 Å². The summed E-state index contributed by atoms with van der Waals surface area (Å²) in [5.41, 5.74) is 1.27. The van der Waals surface area contributed by atoms with Crippen molar-refractivity contribution in [1.29, 1.82) is 0 Å². The van der Waals surface area contributed by atoms with Crippen molar-refractivity contribution in [2.75, 3.05) is 13.1 Å². The lowest BCUT2D eigenvalue weighted by Gasteiger charge is -2.43. The quantitative estimate of drug-likeness (QED) is 0.938. The van der Waals surface area contributed by atoms with Gasteiger partial charge in [0, 0.05) is 42.4 Å². The minimum Gasteiger partial charge on any atom is -0.350 e. The molecule has 4 heteroatoms. The van der Waals surface area contributed by atoms with Crippen molar-refractivity contribution in [3.8, 4) is 0 Å². The van der Waals surface area contributed by atoms with Crippen LogP contribution in [0.4, 0.5) is 0 Å². The molecule has 4 rings (SSSR count). The van der Waals surface area contributed by atoms with Gasteiger partial charge in [-0.25, -0.2) is 0 Å². The standard InChI is InChI=1S/C19H22N2OS/c22-18-13-17(15-5-2-1-3-6-15)19(20-18)8-10-21(11-9-19)14-16-7-4-12-23-16/h1-7,12,17H,8-11,13-14H2,(H,20,22)/t17-/m1/s1. The number of hydrogen-bond acceptors (Lipinski definition) is 3. The average Bonchev–Trinajstić information content (AvgIpc) is 3.19. The zero-order chi connectivity index (χ0) is 15.7. The summed E-state index contributed by atoms with van der Waals surface area (Å²) in [6, 6.07) is 14.9. The number of rotatable bonds is 3. The molecule has 23 heavy (non-hydrogen) atoms. The van der Waals surface area contributed by atoms with E-state index in [1.807, 2.05) is 17.4 Å². The van der Waals surface area contributed by atoms with Crippen LogP contribution in [0, 0.1) is 0 Å². The molecule has 0 unspecified atom stereocenters. The summed E-state index contributed by atoms with van der Waals surface area (Å²) in [7, 11) is 0. The molecule has 2 aromatic rings. The summed E-state index contributed by atoms with van der Waals surface area (Å²) in [5.74, 6) is 0.533. The van der Waals surface area contributed by atoms with Gasteiger partial charge in [0.05, 0.1) is 0 Å². The predicted octanol–water partition coefficient (Wildman–Crippen LogP) is 3.39. The molecule has 3 nitrogen and oxygen atoms in total. The maximum atomic E-state index is 12.1. The van der Waals surface area contributed by atoms with Crippen molar-refractivity contribution in [2.24, 2.45) is 0 Å². The van der Waals surface area contributed by atoms with E-state index in [0.29, 0.717) is 12.3 Å². The van der Waals surface area contributed by atoms with Crippen LogP contribution >= 0.6 is 11.3 Å². The molecule has 1 N–H and O–H groups in total. The van der Waals surface area contributed by atoms with Crippen LogP contribution in [-0.4, -0.2) is 29.4 Å². The van der Waals surface area contributed by atoms with Gasteiger partial charge in [0.25, 0.3) is 0 Å². The smallest absolute Gasteiger partial charge is 0.221 e. The van der Waals surface area contributed by atoms with Crippen molar-refractivity contribution >= 4 is 17.2 Å². The third kappa shape index (κ3) is 2.93. The lowest BCUT2D eigenvalue weighted by atomic mass is 9.74. The van der Waals surface area contributed by atoms with E-state index in [1.54, 1.807) is 0 Å². The van der Waals surface area contributed by atoms with Crippen LogP contribution in [0.15, 0.2) is 47.8 Å². The first-order valence-electron chi connectivity index (χ1n) is 8.36. The maximum Gasteiger partial charge on any atom is 0.221 e. The summed E-state index contributed by atoms with van der Waals surface area (Å²) in [5, 5.41) is 5.48. The summed E-state index contributed by atoms with van der Waals surface area (Å²) in [6.07, 6.45) is 2.72. The van der Waals surface area contributed by atoms with Crippen LogP contribution in [0.2, 0.25) is 0 Å². The molecule has 0 saturated carbocycles. The second-order valence-corrected chi connectivity index (χ2v) is 7.76. The fraction of sp³-hybridized carbons (Fsp3) is 0.421. The highest BCUT2D eigenvalue weighted by Crippen LogP contribution is 2.43. The third-order valence-corrected chi connectivity index (χ3v) is 6.22. The van der Waals surface area contributed by atoms with Crippen molar-refractivity contribution in [1.82, 2.24) is 10.2 Å². The number of thiophene rings is 1. The van der Waals surface area contributed by atoms with Gasteiger partial charge in [0.1, 0.15) is 0 Å². The van der Waals surface area contributed by atoms with Gasteiger partial charge in [-0.05, 0) is 29.9 Å². The summed E-state index contributed by atoms with van der Waals surface area (Å²) in [6.45, 7) is 3.15. The molecular weight excluding hydrogens is 304 g/mol. The van der Waals surface area contributed by atoms with Gasteiger partial charge < -0.3 is 5.32 Å². The normalized spacial score (nSPS) is 24.0. The number of likely N-dealkylation sites (tertiary alicyclic amines) is 1. The Morgan fingerprint density at radius 3 is 2.61 bits per heavy atom. The second-order valence-electron chi connectivity index (χ2n) is 6.73. The van der Waals surface area contributed by atoms with Gasteiger partial charge in [0.15, 0.2) is 0 Å². The first kappa shape index (κ1) is 14.9. The van der Waals surface area contributed by atoms with Crippen LogP contribution in [0.5, 0.6) is 0 Å². The summed E-state index contributed by atoms with van der Waals surface area (Å²) < 4.78 is 0. The molecule has 2 aliphatic rings. The average molecular weight is 326 g/mol. The Labute approximate surface area is 141 Å². The fourth-order valence-corrected chi connectivity index (χ4v) is 4.87. The van der Waals surface area contributed by atoms with E-state index in [4.69, 9.17) is 0 Å². The highest BCUT2D eigenvalue weighted by atomic mass is 32.1. The molecular formula is C19H22N2OS. The van der Waals surface area contributed by atoms with Crippen LogP contribution in [-0.2, 0) is 11.3 Å². The van der Waals surface area contributed by atoms with Crippen LogP contribution in [0.1, 0.15) is 35.6 Å². The number of nitrogens with zero attached hydrogens (tertiary/aromatic N) is 1. The van der Waals surface area contributed by atoms with Crippen molar-refractivity contribution in [3.63, 3.8) is 0 Å². The Balaban J connectivity index is 1.49. The van der Waals surface area contributed by atoms with E-state index in [-0.39, 0.29) is 11.4 Å². The van der Waals surface area contributed by atoms with Crippen molar-refractivity contribution < 1.29 is 4.79 Å². The number of carbonyl (C=O) groups excluding carboxylic acids is 1. The molecule has 0 bridgehead atoms. The van der Waals surface area contributed by atoms with E-state index in [2.05, 4.69) is 52.0 Å². The predicted molar refractivity (Wildman–Crippen MR) is 93.5 cm³/mol. The highest BCUT2D eigenvalue weighted by molar-refractivity contribution is 7.09. The summed E-state index contributed by atoms with van der Waals surface area (Å²) >= 11 is 1.83. The van der Waals surface area contributed by atoms with Gasteiger partial charge >= 0.3 is 0 Å². The number of amides is 1. The number of hydrogen-bond donors (Lipinski definition) is 1. The zero-order valence-corrected chi connectivity index (χ0v) is 14.0. The molecule has 0 radical (unpaired) electrons. The number of carbonyl (C=O) groups is 1. The molecule has 2 aliphatic heterocycles. The van der Waals surface area contributed by atoms with Crippen LogP contribution < -0.4 is 5.32 Å². The van der Waals surface area contributed by atoms with E-state index >= 15 is 0 Å². The molecule has 1 atom stereocenters. The van der Waals surface area contributed by atoms with E-state index < -0.39 is 0 Å². The van der Waals surface area contributed by atoms with Gasteiger partial charge in [-0.1, -0.05) is 36.4 Å². The lowest BCUT2D eigenvalue weighted by Crippen LogP contribution is -2.53. The van der Waals surface area contributed by atoms with Gasteiger partial charge in [-0.15, -0.1) is 11.3 Å². The molecule has 1 aromatic heterocycles. The number of benzene rings is 1. The van der Waals surface area contributed by atoms with Gasteiger partial charge in [0.2, 0.25) is 5.91 Å². The lowest BCUT2D eigenvalue weighted by molar-refractivity contribution is -0.120. The second kappa shape index (κ2) is 6.10. The molecule has 120 valence electrons. The number of nitrogens with one attached hydrogen (secondary N) is 1. The van der Waals surface area contributed by atoms with E-state index in [1.165, 1.54) is 10.4 Å². The Kier molecular flexibility index (Phi) is 3.95. The molecule has 2 fully saturated rings. The van der Waals surface area contributed by atoms with Gasteiger partial charge in [-0.2, -0.15) is 0 Å². The Bertz CT molecular complexity index is 660. The number of piperidine rings is 1. The molecule has 2 saturated heterocycles.